The Balaban J connectivity index is 1.18. The molecule has 0 spiro atoms. The van der Waals surface area contributed by atoms with E-state index in [1.165, 1.54) is 83.5 Å². The van der Waals surface area contributed by atoms with Crippen molar-refractivity contribution >= 4 is 17.1 Å². The summed E-state index contributed by atoms with van der Waals surface area (Å²) in [7, 11) is 0. The Morgan fingerprint density at radius 1 is 0.328 bits per heavy atom. The van der Waals surface area contributed by atoms with Crippen molar-refractivity contribution in [3.8, 4) is 22.3 Å². The number of hydrogen-bond acceptors (Lipinski definition) is 1. The zero-order valence-electron chi connectivity index (χ0n) is 39.9. The van der Waals surface area contributed by atoms with Crippen molar-refractivity contribution in [1.29, 1.82) is 0 Å². The normalized spacial score (nSPS) is 17.1. The number of rotatable bonds is 8. The summed E-state index contributed by atoms with van der Waals surface area (Å²) >= 11 is 0. The molecule has 1 nitrogen and oxygen atoms in total. The number of nitrogens with zero attached hydrogens (tertiary/aromatic N) is 1. The minimum atomic E-state index is -0.543. The van der Waals surface area contributed by atoms with E-state index in [0.717, 1.165) is 23.5 Å². The Morgan fingerprint density at radius 3 is 1.06 bits per heavy atom. The van der Waals surface area contributed by atoms with Crippen LogP contribution in [-0.2, 0) is 28.1 Å². The molecule has 0 aromatic heterocycles. The van der Waals surface area contributed by atoms with Gasteiger partial charge < -0.3 is 4.90 Å². The molecule has 0 saturated carbocycles. The Bertz CT molecular complexity index is 3060. The van der Waals surface area contributed by atoms with Crippen LogP contribution in [0, 0.1) is 0 Å². The van der Waals surface area contributed by atoms with E-state index >= 15 is 0 Å². The summed E-state index contributed by atoms with van der Waals surface area (Å²) in [6, 6.07) is 83.2. The van der Waals surface area contributed by atoms with Crippen LogP contribution in [0.4, 0.5) is 17.1 Å². The van der Waals surface area contributed by atoms with Crippen LogP contribution in [0.3, 0.4) is 0 Å². The zero-order chi connectivity index (χ0) is 46.1. The van der Waals surface area contributed by atoms with E-state index in [4.69, 9.17) is 0 Å². The van der Waals surface area contributed by atoms with Crippen molar-refractivity contribution in [3.05, 3.63) is 280 Å². The van der Waals surface area contributed by atoms with Crippen LogP contribution in [0.25, 0.3) is 22.3 Å². The standard InChI is InChI=1S/C66H59N/c1-8-45-27-37-52(38-28-45)67(53-39-41-57-55-23-15-17-25-59(55)65(61(57)43-53,48-19-11-9-12-20-48)50-33-29-46(30-34-50)63(2,3)4)54-40-42-58-56-24-16-18-26-60(56)66(62(58)44-54,49-21-13-10-14-22-49)51-35-31-47(32-36-51)64(5,6)7/h9-44H,8H2,1-7H3. The van der Waals surface area contributed by atoms with Crippen LogP contribution in [0.2, 0.25) is 0 Å². The number of aryl methyl sites for hydroxylation is 1. The molecule has 2 aliphatic rings. The predicted octanol–water partition coefficient (Wildman–Crippen LogP) is 17.0. The van der Waals surface area contributed by atoms with Gasteiger partial charge >= 0.3 is 0 Å². The molecule has 0 aliphatic heterocycles. The van der Waals surface area contributed by atoms with E-state index in [-0.39, 0.29) is 10.8 Å². The van der Waals surface area contributed by atoms with Crippen LogP contribution in [0.1, 0.15) is 110 Å². The summed E-state index contributed by atoms with van der Waals surface area (Å²) in [4.78, 5) is 2.50. The third-order valence-corrected chi connectivity index (χ3v) is 15.0. The molecule has 328 valence electrons. The molecule has 2 unspecified atom stereocenters. The first-order chi connectivity index (χ1) is 32.4. The maximum atomic E-state index is 2.51. The van der Waals surface area contributed by atoms with Gasteiger partial charge in [-0.25, -0.2) is 0 Å². The van der Waals surface area contributed by atoms with E-state index in [2.05, 4.69) is 272 Å². The van der Waals surface area contributed by atoms with Crippen LogP contribution < -0.4 is 4.90 Å². The van der Waals surface area contributed by atoms with E-state index in [0.29, 0.717) is 0 Å². The second kappa shape index (κ2) is 16.0. The molecule has 0 bridgehead atoms. The minimum Gasteiger partial charge on any atom is -0.310 e. The van der Waals surface area contributed by atoms with Crippen molar-refractivity contribution in [2.45, 2.75) is 76.5 Å². The Hall–Kier alpha value is -7.22. The van der Waals surface area contributed by atoms with Crippen molar-refractivity contribution in [3.63, 3.8) is 0 Å². The van der Waals surface area contributed by atoms with Gasteiger partial charge in [0.05, 0.1) is 10.8 Å². The first-order valence-electron chi connectivity index (χ1n) is 24.1. The summed E-state index contributed by atoms with van der Waals surface area (Å²) in [5, 5.41) is 0. The molecule has 1 heteroatoms. The number of anilines is 3. The molecule has 0 saturated heterocycles. The second-order valence-corrected chi connectivity index (χ2v) is 20.8. The number of hydrogen-bond donors (Lipinski definition) is 0. The lowest BCUT2D eigenvalue weighted by Crippen LogP contribution is -2.29. The molecular formula is C66H59N. The maximum absolute atomic E-state index is 2.51. The second-order valence-electron chi connectivity index (χ2n) is 20.8. The van der Waals surface area contributed by atoms with Gasteiger partial charge in [-0.1, -0.05) is 230 Å². The molecule has 9 aromatic rings. The van der Waals surface area contributed by atoms with Gasteiger partial charge in [-0.2, -0.15) is 0 Å². The number of benzene rings is 9. The Kier molecular flexibility index (Phi) is 10.1. The summed E-state index contributed by atoms with van der Waals surface area (Å²) in [6.45, 7) is 16.0. The molecule has 2 atom stereocenters. The highest BCUT2D eigenvalue weighted by molar-refractivity contribution is 5.92. The Labute approximate surface area is 398 Å². The summed E-state index contributed by atoms with van der Waals surface area (Å²) in [5.74, 6) is 0. The maximum Gasteiger partial charge on any atom is 0.0714 e. The van der Waals surface area contributed by atoms with Gasteiger partial charge in [0.15, 0.2) is 0 Å². The molecule has 9 aromatic carbocycles. The molecule has 0 amide bonds. The van der Waals surface area contributed by atoms with Crippen molar-refractivity contribution < 1.29 is 0 Å². The third-order valence-electron chi connectivity index (χ3n) is 15.0. The van der Waals surface area contributed by atoms with Crippen molar-refractivity contribution in [2.24, 2.45) is 0 Å². The molecule has 2 aliphatic carbocycles. The topological polar surface area (TPSA) is 3.24 Å². The quantitative estimate of drug-likeness (QED) is 0.147. The highest BCUT2D eigenvalue weighted by atomic mass is 15.1. The lowest BCUT2D eigenvalue weighted by atomic mass is 9.67. The monoisotopic (exact) mass is 865 g/mol. The first-order valence-corrected chi connectivity index (χ1v) is 24.1. The van der Waals surface area contributed by atoms with E-state index in [1.54, 1.807) is 0 Å². The fourth-order valence-corrected chi connectivity index (χ4v) is 11.5. The van der Waals surface area contributed by atoms with Gasteiger partial charge in [-0.05, 0) is 137 Å². The zero-order valence-corrected chi connectivity index (χ0v) is 39.9. The van der Waals surface area contributed by atoms with Crippen molar-refractivity contribution in [1.82, 2.24) is 0 Å². The molecular weight excluding hydrogens is 807 g/mol. The van der Waals surface area contributed by atoms with Crippen LogP contribution in [0.5, 0.6) is 0 Å². The highest BCUT2D eigenvalue weighted by Crippen LogP contribution is 2.60. The number of fused-ring (bicyclic) bond motifs is 6. The summed E-state index contributed by atoms with van der Waals surface area (Å²) in [5.41, 5.74) is 21.8. The fourth-order valence-electron chi connectivity index (χ4n) is 11.5. The van der Waals surface area contributed by atoms with E-state index in [1.807, 2.05) is 0 Å². The summed E-state index contributed by atoms with van der Waals surface area (Å²) < 4.78 is 0. The van der Waals surface area contributed by atoms with Gasteiger partial charge in [0.2, 0.25) is 0 Å². The van der Waals surface area contributed by atoms with E-state index < -0.39 is 10.8 Å². The Morgan fingerprint density at radius 2 is 0.672 bits per heavy atom. The molecule has 67 heavy (non-hydrogen) atoms. The predicted molar refractivity (Wildman–Crippen MR) is 283 cm³/mol. The minimum absolute atomic E-state index is 0.0378. The highest BCUT2D eigenvalue weighted by Gasteiger charge is 2.48. The summed E-state index contributed by atoms with van der Waals surface area (Å²) in [6.07, 6.45) is 0.982. The van der Waals surface area contributed by atoms with Gasteiger partial charge in [0, 0.05) is 17.1 Å². The average molecular weight is 866 g/mol. The van der Waals surface area contributed by atoms with E-state index in [9.17, 15) is 0 Å². The lowest BCUT2D eigenvalue weighted by Gasteiger charge is -2.36. The average Bonchev–Trinajstić information content (AvgIpc) is 3.82. The molecule has 0 N–H and O–H groups in total. The lowest BCUT2D eigenvalue weighted by molar-refractivity contribution is 0.589. The van der Waals surface area contributed by atoms with Gasteiger partial charge in [0.1, 0.15) is 0 Å². The SMILES string of the molecule is CCc1ccc(N(c2ccc3c(c2)C(c2ccccc2)(c2ccc(C(C)(C)C)cc2)c2ccccc2-3)c2ccc3c(c2)C(c2ccccc2)(c2ccc(C(C)(C)C)cc2)c2ccccc2-3)cc1. The smallest absolute Gasteiger partial charge is 0.0714 e. The third kappa shape index (κ3) is 6.65. The van der Waals surface area contributed by atoms with Crippen LogP contribution in [-0.4, -0.2) is 0 Å². The fraction of sp³-hybridized carbons (Fsp3) is 0.182. The largest absolute Gasteiger partial charge is 0.310 e. The van der Waals surface area contributed by atoms with Gasteiger partial charge in [0.25, 0.3) is 0 Å². The molecule has 0 fully saturated rings. The molecule has 11 rings (SSSR count). The van der Waals surface area contributed by atoms with Crippen molar-refractivity contribution in [2.75, 3.05) is 4.90 Å². The van der Waals surface area contributed by atoms with Gasteiger partial charge in [-0.15, -0.1) is 0 Å². The van der Waals surface area contributed by atoms with Gasteiger partial charge in [-0.3, -0.25) is 0 Å². The van der Waals surface area contributed by atoms with Crippen LogP contribution in [0.15, 0.2) is 218 Å². The van der Waals surface area contributed by atoms with Crippen LogP contribution >= 0.6 is 0 Å². The first kappa shape index (κ1) is 42.4. The molecule has 0 heterocycles. The molecule has 0 radical (unpaired) electrons.